The number of Topliss-reactive ketones (excluding diaryl/α,β-unsaturated/α-hetero) is 1. The van der Waals surface area contributed by atoms with E-state index in [-0.39, 0.29) is 18.1 Å². The Morgan fingerprint density at radius 2 is 2.15 bits per heavy atom. The van der Waals surface area contributed by atoms with Crippen LogP contribution in [0.4, 0.5) is 0 Å². The molecule has 1 amide bonds. The van der Waals surface area contributed by atoms with Crippen molar-refractivity contribution in [3.8, 4) is 0 Å². The van der Waals surface area contributed by atoms with Gasteiger partial charge in [-0.05, 0) is 18.6 Å². The highest BCUT2D eigenvalue weighted by atomic mass is 16.1. The standard InChI is InChI=1S/C9H12N2O2/c10-9(13)5-1-4-8(12)7-3-2-6-11-7/h2-3,6,11H,1,4-5H2,(H2,10,13). The van der Waals surface area contributed by atoms with Crippen LogP contribution in [0.2, 0.25) is 0 Å². The maximum atomic E-state index is 11.3. The minimum Gasteiger partial charge on any atom is -0.370 e. The highest BCUT2D eigenvalue weighted by Gasteiger charge is 2.06. The Balaban J connectivity index is 2.31. The van der Waals surface area contributed by atoms with Crippen molar-refractivity contribution in [2.75, 3.05) is 0 Å². The third-order valence-corrected chi connectivity index (χ3v) is 1.73. The highest BCUT2D eigenvalue weighted by molar-refractivity contribution is 5.94. The van der Waals surface area contributed by atoms with Crippen LogP contribution in [-0.4, -0.2) is 16.7 Å². The summed E-state index contributed by atoms with van der Waals surface area (Å²) in [4.78, 5) is 24.5. The molecule has 0 aliphatic rings. The number of nitrogens with two attached hydrogens (primary N) is 1. The van der Waals surface area contributed by atoms with Crippen LogP contribution in [0.5, 0.6) is 0 Å². The molecule has 0 aliphatic heterocycles. The van der Waals surface area contributed by atoms with Gasteiger partial charge in [-0.2, -0.15) is 0 Å². The van der Waals surface area contributed by atoms with Gasteiger partial charge in [-0.3, -0.25) is 9.59 Å². The first-order chi connectivity index (χ1) is 6.20. The third kappa shape index (κ3) is 3.11. The summed E-state index contributed by atoms with van der Waals surface area (Å²) in [5.74, 6) is -0.342. The number of aromatic amines is 1. The van der Waals surface area contributed by atoms with Crippen molar-refractivity contribution in [3.63, 3.8) is 0 Å². The molecule has 70 valence electrons. The number of carbonyl (C=O) groups is 2. The monoisotopic (exact) mass is 180 g/mol. The summed E-state index contributed by atoms with van der Waals surface area (Å²) < 4.78 is 0. The molecule has 0 radical (unpaired) electrons. The summed E-state index contributed by atoms with van der Waals surface area (Å²) in [5, 5.41) is 0. The lowest BCUT2D eigenvalue weighted by molar-refractivity contribution is -0.118. The topological polar surface area (TPSA) is 76.0 Å². The van der Waals surface area contributed by atoms with E-state index < -0.39 is 0 Å². The maximum Gasteiger partial charge on any atom is 0.217 e. The molecule has 3 N–H and O–H groups in total. The predicted molar refractivity (Wildman–Crippen MR) is 48.2 cm³/mol. The molecule has 4 nitrogen and oxygen atoms in total. The number of aromatic nitrogens is 1. The average molecular weight is 180 g/mol. The van der Waals surface area contributed by atoms with Crippen LogP contribution in [-0.2, 0) is 4.79 Å². The molecule has 13 heavy (non-hydrogen) atoms. The van der Waals surface area contributed by atoms with Gasteiger partial charge in [0.2, 0.25) is 5.91 Å². The minimum absolute atomic E-state index is 0.0197. The first-order valence-electron chi connectivity index (χ1n) is 4.15. The first-order valence-corrected chi connectivity index (χ1v) is 4.15. The Labute approximate surface area is 76.1 Å². The van der Waals surface area contributed by atoms with E-state index in [0.717, 1.165) is 0 Å². The number of H-pyrrole nitrogens is 1. The zero-order chi connectivity index (χ0) is 9.68. The number of nitrogens with one attached hydrogen (secondary N) is 1. The van der Waals surface area contributed by atoms with E-state index in [4.69, 9.17) is 5.73 Å². The van der Waals surface area contributed by atoms with Gasteiger partial charge in [0.15, 0.2) is 5.78 Å². The summed E-state index contributed by atoms with van der Waals surface area (Å²) in [6, 6.07) is 3.48. The van der Waals surface area contributed by atoms with Crippen molar-refractivity contribution in [1.82, 2.24) is 4.98 Å². The fraction of sp³-hybridized carbons (Fsp3) is 0.333. The van der Waals surface area contributed by atoms with E-state index in [1.807, 2.05) is 0 Å². The van der Waals surface area contributed by atoms with Crippen molar-refractivity contribution >= 4 is 11.7 Å². The van der Waals surface area contributed by atoms with Crippen LogP contribution >= 0.6 is 0 Å². The van der Waals surface area contributed by atoms with Gasteiger partial charge in [0.05, 0.1) is 5.69 Å². The highest BCUT2D eigenvalue weighted by Crippen LogP contribution is 2.03. The van der Waals surface area contributed by atoms with E-state index in [2.05, 4.69) is 4.98 Å². The number of ketones is 1. The zero-order valence-electron chi connectivity index (χ0n) is 7.25. The van der Waals surface area contributed by atoms with Crippen molar-refractivity contribution in [2.45, 2.75) is 19.3 Å². The molecule has 1 heterocycles. The predicted octanol–water partition coefficient (Wildman–Crippen LogP) is 0.853. The largest absolute Gasteiger partial charge is 0.370 e. The number of amides is 1. The Morgan fingerprint density at radius 3 is 2.69 bits per heavy atom. The third-order valence-electron chi connectivity index (χ3n) is 1.73. The lowest BCUT2D eigenvalue weighted by Gasteiger charge is -1.96. The van der Waals surface area contributed by atoms with Gasteiger partial charge in [-0.25, -0.2) is 0 Å². The Kier molecular flexibility index (Phi) is 3.25. The summed E-state index contributed by atoms with van der Waals surface area (Å²) in [6.45, 7) is 0. The molecule has 0 spiro atoms. The van der Waals surface area contributed by atoms with Crippen LogP contribution in [0.15, 0.2) is 18.3 Å². The molecule has 0 aromatic carbocycles. The maximum absolute atomic E-state index is 11.3. The average Bonchev–Trinajstić information content (AvgIpc) is 2.55. The first kappa shape index (κ1) is 9.51. The Hall–Kier alpha value is -1.58. The molecule has 0 aliphatic carbocycles. The SMILES string of the molecule is NC(=O)CCCC(=O)c1ccc[nH]1. The number of hydrogen-bond donors (Lipinski definition) is 2. The molecule has 4 heteroatoms. The molecule has 1 rings (SSSR count). The lowest BCUT2D eigenvalue weighted by atomic mass is 10.1. The Bertz CT molecular complexity index is 291. The number of carbonyl (C=O) groups excluding carboxylic acids is 2. The fourth-order valence-electron chi connectivity index (χ4n) is 1.06. The van der Waals surface area contributed by atoms with Gasteiger partial charge in [0.1, 0.15) is 0 Å². The minimum atomic E-state index is -0.362. The van der Waals surface area contributed by atoms with Gasteiger partial charge in [-0.1, -0.05) is 0 Å². The van der Waals surface area contributed by atoms with Gasteiger partial charge < -0.3 is 10.7 Å². The molecule has 0 unspecified atom stereocenters. The molecule has 0 saturated heterocycles. The number of rotatable bonds is 5. The second-order valence-corrected chi connectivity index (χ2v) is 2.83. The van der Waals surface area contributed by atoms with Gasteiger partial charge in [0, 0.05) is 19.0 Å². The van der Waals surface area contributed by atoms with Gasteiger partial charge >= 0.3 is 0 Å². The van der Waals surface area contributed by atoms with E-state index in [1.165, 1.54) is 0 Å². The van der Waals surface area contributed by atoms with E-state index in [1.54, 1.807) is 18.3 Å². The quantitative estimate of drug-likeness (QED) is 0.659. The van der Waals surface area contributed by atoms with Crippen LogP contribution in [0.3, 0.4) is 0 Å². The number of hydrogen-bond acceptors (Lipinski definition) is 2. The molecule has 0 bridgehead atoms. The van der Waals surface area contributed by atoms with Crippen LogP contribution in [0, 0.1) is 0 Å². The second-order valence-electron chi connectivity index (χ2n) is 2.83. The van der Waals surface area contributed by atoms with E-state index >= 15 is 0 Å². The summed E-state index contributed by atoms with van der Waals surface area (Å²) in [6.07, 6.45) is 2.85. The molecule has 0 fully saturated rings. The molecule has 0 saturated carbocycles. The van der Waals surface area contributed by atoms with Crippen LogP contribution < -0.4 is 5.73 Å². The summed E-state index contributed by atoms with van der Waals surface area (Å²) >= 11 is 0. The molecular weight excluding hydrogens is 168 g/mol. The van der Waals surface area contributed by atoms with Crippen molar-refractivity contribution in [2.24, 2.45) is 5.73 Å². The summed E-state index contributed by atoms with van der Waals surface area (Å²) in [5.41, 5.74) is 5.53. The molecule has 1 aromatic rings. The van der Waals surface area contributed by atoms with Gasteiger partial charge in [0.25, 0.3) is 0 Å². The smallest absolute Gasteiger partial charge is 0.217 e. The van der Waals surface area contributed by atoms with E-state index in [0.29, 0.717) is 18.5 Å². The number of primary amides is 1. The van der Waals surface area contributed by atoms with E-state index in [9.17, 15) is 9.59 Å². The van der Waals surface area contributed by atoms with Crippen LogP contribution in [0.1, 0.15) is 29.8 Å². The zero-order valence-corrected chi connectivity index (χ0v) is 7.25. The second kappa shape index (κ2) is 4.45. The fourth-order valence-corrected chi connectivity index (χ4v) is 1.06. The van der Waals surface area contributed by atoms with Gasteiger partial charge in [-0.15, -0.1) is 0 Å². The lowest BCUT2D eigenvalue weighted by Crippen LogP contribution is -2.10. The normalized spacial score (nSPS) is 9.85. The molecular formula is C9H12N2O2. The van der Waals surface area contributed by atoms with Crippen molar-refractivity contribution in [1.29, 1.82) is 0 Å². The van der Waals surface area contributed by atoms with Crippen molar-refractivity contribution < 1.29 is 9.59 Å². The molecule has 0 atom stereocenters. The summed E-state index contributed by atoms with van der Waals surface area (Å²) in [7, 11) is 0. The molecule has 1 aromatic heterocycles. The van der Waals surface area contributed by atoms with Crippen LogP contribution in [0.25, 0.3) is 0 Å². The Morgan fingerprint density at radius 1 is 1.38 bits per heavy atom. The van der Waals surface area contributed by atoms with Crippen molar-refractivity contribution in [3.05, 3.63) is 24.0 Å².